The molecule has 146 valence electrons. The molecule has 0 atom stereocenters. The third-order valence-corrected chi connectivity index (χ3v) is 5.22. The summed E-state index contributed by atoms with van der Waals surface area (Å²) in [5.74, 6) is 1.80. The van der Waals surface area contributed by atoms with Gasteiger partial charge in [0.05, 0.1) is 5.75 Å². The molecule has 0 saturated carbocycles. The predicted octanol–water partition coefficient (Wildman–Crippen LogP) is 3.54. The molecule has 0 spiro atoms. The van der Waals surface area contributed by atoms with Crippen LogP contribution in [0.15, 0.2) is 53.7 Å². The molecular weight excluding hydrogens is 408 g/mol. The standard InChI is InChI=1S/C19H17ClN8S/c1-11-3-2-4-12(9-11)16-26-27-19(28(16)14-7-5-13(20)6-8-14)29-10-15-23-17(21)25-18(22)24-15/h2-9H,10H2,1H3,(H4,21,22,23,24,25). The molecule has 0 saturated heterocycles. The Bertz CT molecular complexity index is 1140. The van der Waals surface area contributed by atoms with E-state index < -0.39 is 0 Å². The first-order chi connectivity index (χ1) is 14.0. The van der Waals surface area contributed by atoms with E-state index in [0.717, 1.165) is 22.6 Å². The maximum atomic E-state index is 6.07. The zero-order valence-electron chi connectivity index (χ0n) is 15.5. The normalized spacial score (nSPS) is 11.0. The zero-order chi connectivity index (χ0) is 20.4. The smallest absolute Gasteiger partial charge is 0.225 e. The highest BCUT2D eigenvalue weighted by Gasteiger charge is 2.17. The molecular formula is C19H17ClN8S. The van der Waals surface area contributed by atoms with Crippen LogP contribution in [0, 0.1) is 6.92 Å². The second-order valence-electron chi connectivity index (χ2n) is 6.24. The van der Waals surface area contributed by atoms with Gasteiger partial charge in [-0.1, -0.05) is 47.1 Å². The lowest BCUT2D eigenvalue weighted by Crippen LogP contribution is -2.06. The number of nitrogens with zero attached hydrogens (tertiary/aromatic N) is 6. The quantitative estimate of drug-likeness (QED) is 0.466. The molecule has 0 radical (unpaired) electrons. The van der Waals surface area contributed by atoms with Crippen molar-refractivity contribution in [1.29, 1.82) is 0 Å². The van der Waals surface area contributed by atoms with Gasteiger partial charge >= 0.3 is 0 Å². The predicted molar refractivity (Wildman–Crippen MR) is 115 cm³/mol. The number of anilines is 2. The van der Waals surface area contributed by atoms with Crippen LogP contribution in [0.4, 0.5) is 11.9 Å². The number of nitrogen functional groups attached to an aromatic ring is 2. The monoisotopic (exact) mass is 424 g/mol. The minimum absolute atomic E-state index is 0.0905. The lowest BCUT2D eigenvalue weighted by Gasteiger charge is -2.11. The van der Waals surface area contributed by atoms with Crippen LogP contribution in [-0.4, -0.2) is 29.7 Å². The fourth-order valence-electron chi connectivity index (χ4n) is 2.81. The Hall–Kier alpha value is -3.17. The van der Waals surface area contributed by atoms with Crippen molar-refractivity contribution in [3.63, 3.8) is 0 Å². The van der Waals surface area contributed by atoms with Crippen LogP contribution in [0.25, 0.3) is 17.1 Å². The van der Waals surface area contributed by atoms with E-state index in [1.165, 1.54) is 11.8 Å². The molecule has 4 aromatic rings. The van der Waals surface area contributed by atoms with Crippen LogP contribution in [-0.2, 0) is 5.75 Å². The lowest BCUT2D eigenvalue weighted by atomic mass is 10.1. The Morgan fingerprint density at radius 2 is 1.69 bits per heavy atom. The maximum Gasteiger partial charge on any atom is 0.225 e. The minimum Gasteiger partial charge on any atom is -0.368 e. The molecule has 0 aliphatic carbocycles. The molecule has 0 unspecified atom stereocenters. The van der Waals surface area contributed by atoms with Crippen molar-refractivity contribution >= 4 is 35.3 Å². The largest absolute Gasteiger partial charge is 0.368 e. The van der Waals surface area contributed by atoms with Crippen LogP contribution in [0.2, 0.25) is 5.02 Å². The molecule has 2 heterocycles. The number of thioether (sulfide) groups is 1. The van der Waals surface area contributed by atoms with E-state index >= 15 is 0 Å². The lowest BCUT2D eigenvalue weighted by molar-refractivity contribution is 0.882. The molecule has 0 aliphatic rings. The third kappa shape index (κ3) is 4.30. The van der Waals surface area contributed by atoms with Crippen molar-refractivity contribution in [3.05, 3.63) is 64.9 Å². The third-order valence-electron chi connectivity index (χ3n) is 4.04. The SMILES string of the molecule is Cc1cccc(-c2nnc(SCc3nc(N)nc(N)n3)n2-c2ccc(Cl)cc2)c1. The average molecular weight is 425 g/mol. The zero-order valence-corrected chi connectivity index (χ0v) is 17.0. The van der Waals surface area contributed by atoms with Crippen molar-refractivity contribution in [2.45, 2.75) is 17.8 Å². The molecule has 0 fully saturated rings. The summed E-state index contributed by atoms with van der Waals surface area (Å²) in [7, 11) is 0. The Morgan fingerprint density at radius 3 is 2.38 bits per heavy atom. The van der Waals surface area contributed by atoms with Crippen molar-refractivity contribution < 1.29 is 0 Å². The molecule has 8 nitrogen and oxygen atoms in total. The highest BCUT2D eigenvalue weighted by Crippen LogP contribution is 2.30. The van der Waals surface area contributed by atoms with Crippen LogP contribution < -0.4 is 11.5 Å². The van der Waals surface area contributed by atoms with Gasteiger partial charge < -0.3 is 11.5 Å². The summed E-state index contributed by atoms with van der Waals surface area (Å²) in [6.07, 6.45) is 0. The number of halogens is 1. The van der Waals surface area contributed by atoms with Gasteiger partial charge in [0.25, 0.3) is 0 Å². The van der Waals surface area contributed by atoms with Gasteiger partial charge in [-0.2, -0.15) is 15.0 Å². The van der Waals surface area contributed by atoms with Crippen LogP contribution in [0.1, 0.15) is 11.4 Å². The Kier molecular flexibility index (Phi) is 5.32. The summed E-state index contributed by atoms with van der Waals surface area (Å²) >= 11 is 7.50. The summed E-state index contributed by atoms with van der Waals surface area (Å²) in [6.45, 7) is 2.04. The first kappa shape index (κ1) is 19.2. The molecule has 10 heteroatoms. The van der Waals surface area contributed by atoms with E-state index in [1.54, 1.807) is 0 Å². The van der Waals surface area contributed by atoms with Gasteiger partial charge in [0.2, 0.25) is 11.9 Å². The van der Waals surface area contributed by atoms with Crippen LogP contribution in [0.3, 0.4) is 0 Å². The summed E-state index contributed by atoms with van der Waals surface area (Å²) in [5, 5.41) is 10.2. The number of aromatic nitrogens is 6. The van der Waals surface area contributed by atoms with E-state index in [1.807, 2.05) is 54.0 Å². The van der Waals surface area contributed by atoms with Gasteiger partial charge in [-0.05, 0) is 37.3 Å². The van der Waals surface area contributed by atoms with Gasteiger partial charge in [0.1, 0.15) is 5.82 Å². The first-order valence-corrected chi connectivity index (χ1v) is 10.0. The Morgan fingerprint density at radius 1 is 0.966 bits per heavy atom. The number of aryl methyl sites for hydroxylation is 1. The van der Waals surface area contributed by atoms with E-state index in [2.05, 4.69) is 31.2 Å². The van der Waals surface area contributed by atoms with E-state index in [4.69, 9.17) is 23.1 Å². The molecule has 0 amide bonds. The summed E-state index contributed by atoms with van der Waals surface area (Å²) in [4.78, 5) is 12.0. The van der Waals surface area contributed by atoms with Gasteiger partial charge in [-0.25, -0.2) is 0 Å². The fraction of sp³-hybridized carbons (Fsp3) is 0.105. The molecule has 4 N–H and O–H groups in total. The number of hydrogen-bond acceptors (Lipinski definition) is 8. The Labute approximate surface area is 176 Å². The highest BCUT2D eigenvalue weighted by molar-refractivity contribution is 7.98. The molecule has 2 aromatic carbocycles. The molecule has 0 aliphatic heterocycles. The second-order valence-corrected chi connectivity index (χ2v) is 7.62. The summed E-state index contributed by atoms with van der Waals surface area (Å²) in [6, 6.07) is 15.6. The molecule has 29 heavy (non-hydrogen) atoms. The van der Waals surface area contributed by atoms with Gasteiger partial charge in [-0.15, -0.1) is 10.2 Å². The van der Waals surface area contributed by atoms with Crippen molar-refractivity contribution in [1.82, 2.24) is 29.7 Å². The summed E-state index contributed by atoms with van der Waals surface area (Å²) < 4.78 is 1.98. The van der Waals surface area contributed by atoms with Gasteiger partial charge in [0.15, 0.2) is 11.0 Å². The first-order valence-electron chi connectivity index (χ1n) is 8.67. The minimum atomic E-state index is 0.0905. The van der Waals surface area contributed by atoms with E-state index in [0.29, 0.717) is 21.8 Å². The van der Waals surface area contributed by atoms with Crippen LogP contribution in [0.5, 0.6) is 0 Å². The number of rotatable bonds is 5. The van der Waals surface area contributed by atoms with E-state index in [9.17, 15) is 0 Å². The van der Waals surface area contributed by atoms with Crippen LogP contribution >= 0.6 is 23.4 Å². The number of nitrogens with two attached hydrogens (primary N) is 2. The second kappa shape index (κ2) is 8.06. The Balaban J connectivity index is 1.74. The van der Waals surface area contributed by atoms with Crippen molar-refractivity contribution in [3.8, 4) is 17.1 Å². The van der Waals surface area contributed by atoms with Crippen molar-refractivity contribution in [2.24, 2.45) is 0 Å². The number of benzene rings is 2. The van der Waals surface area contributed by atoms with Gasteiger partial charge in [-0.3, -0.25) is 4.57 Å². The molecule has 2 aromatic heterocycles. The topological polar surface area (TPSA) is 121 Å². The average Bonchev–Trinajstić information content (AvgIpc) is 3.10. The molecule has 4 rings (SSSR count). The van der Waals surface area contributed by atoms with E-state index in [-0.39, 0.29) is 11.9 Å². The summed E-state index contributed by atoms with van der Waals surface area (Å²) in [5.41, 5.74) is 14.3. The molecule has 0 bridgehead atoms. The fourth-order valence-corrected chi connectivity index (χ4v) is 3.74. The maximum absolute atomic E-state index is 6.07. The van der Waals surface area contributed by atoms with Gasteiger partial charge in [0, 0.05) is 16.3 Å². The highest BCUT2D eigenvalue weighted by atomic mass is 35.5. The number of hydrogen-bond donors (Lipinski definition) is 2. The van der Waals surface area contributed by atoms with Crippen molar-refractivity contribution in [2.75, 3.05) is 11.5 Å².